The van der Waals surface area contributed by atoms with Crippen molar-refractivity contribution in [3.8, 4) is 5.75 Å². The van der Waals surface area contributed by atoms with Gasteiger partial charge < -0.3 is 15.7 Å². The van der Waals surface area contributed by atoms with Crippen molar-refractivity contribution in [3.63, 3.8) is 0 Å². The standard InChI is InChI=1S/C17H20FN3O.HI/c1-12-5-3-4-6-14(12)11-21-17(19-2)20-10-13-7-8-16(22)15(18)9-13;/h3-9,22H,10-11H2,1-2H3,(H2,19,20,21);1H. The fourth-order valence-corrected chi connectivity index (χ4v) is 2.05. The normalized spacial score (nSPS) is 10.8. The molecular formula is C17H21FIN3O. The van der Waals surface area contributed by atoms with Crippen LogP contribution in [0.15, 0.2) is 47.5 Å². The third-order valence-electron chi connectivity index (χ3n) is 3.40. The Bertz CT molecular complexity index is 677. The van der Waals surface area contributed by atoms with Gasteiger partial charge in [0.2, 0.25) is 0 Å². The van der Waals surface area contributed by atoms with E-state index in [0.717, 1.165) is 5.56 Å². The summed E-state index contributed by atoms with van der Waals surface area (Å²) < 4.78 is 13.3. The molecule has 124 valence electrons. The van der Waals surface area contributed by atoms with Gasteiger partial charge in [-0.15, -0.1) is 24.0 Å². The van der Waals surface area contributed by atoms with E-state index in [9.17, 15) is 9.50 Å². The summed E-state index contributed by atoms with van der Waals surface area (Å²) in [4.78, 5) is 4.14. The number of benzene rings is 2. The van der Waals surface area contributed by atoms with Crippen LogP contribution in [0.2, 0.25) is 0 Å². The highest BCUT2D eigenvalue weighted by atomic mass is 127. The number of nitrogens with one attached hydrogen (secondary N) is 2. The molecule has 0 aliphatic heterocycles. The lowest BCUT2D eigenvalue weighted by atomic mass is 10.1. The number of hydrogen-bond donors (Lipinski definition) is 3. The molecule has 23 heavy (non-hydrogen) atoms. The summed E-state index contributed by atoms with van der Waals surface area (Å²) in [6.45, 7) is 3.15. The van der Waals surface area contributed by atoms with Crippen LogP contribution in [-0.4, -0.2) is 18.1 Å². The number of nitrogens with zero attached hydrogens (tertiary/aromatic N) is 1. The van der Waals surface area contributed by atoms with Gasteiger partial charge in [-0.2, -0.15) is 0 Å². The maximum Gasteiger partial charge on any atom is 0.191 e. The minimum atomic E-state index is -0.623. The van der Waals surface area contributed by atoms with Crippen molar-refractivity contribution in [2.45, 2.75) is 20.0 Å². The molecule has 4 nitrogen and oxygen atoms in total. The summed E-state index contributed by atoms with van der Waals surface area (Å²) in [5, 5.41) is 15.5. The first kappa shape index (κ1) is 19.2. The van der Waals surface area contributed by atoms with Crippen LogP contribution in [0.1, 0.15) is 16.7 Å². The summed E-state index contributed by atoms with van der Waals surface area (Å²) in [6.07, 6.45) is 0. The fraction of sp³-hybridized carbons (Fsp3) is 0.235. The van der Waals surface area contributed by atoms with Crippen molar-refractivity contribution in [1.82, 2.24) is 10.6 Å². The molecule has 0 amide bonds. The van der Waals surface area contributed by atoms with E-state index in [0.29, 0.717) is 19.0 Å². The molecule has 0 bridgehead atoms. The second-order valence-corrected chi connectivity index (χ2v) is 4.99. The van der Waals surface area contributed by atoms with Crippen molar-refractivity contribution in [2.24, 2.45) is 4.99 Å². The quantitative estimate of drug-likeness (QED) is 0.397. The number of aryl methyl sites for hydroxylation is 1. The molecule has 3 N–H and O–H groups in total. The molecule has 0 saturated heterocycles. The van der Waals surface area contributed by atoms with Gasteiger partial charge in [-0.25, -0.2) is 4.39 Å². The first-order chi connectivity index (χ1) is 10.6. The lowest BCUT2D eigenvalue weighted by Gasteiger charge is -2.13. The molecule has 0 spiro atoms. The molecule has 0 aromatic heterocycles. The van der Waals surface area contributed by atoms with Gasteiger partial charge in [0.1, 0.15) is 0 Å². The van der Waals surface area contributed by atoms with Crippen molar-refractivity contribution in [1.29, 1.82) is 0 Å². The summed E-state index contributed by atoms with van der Waals surface area (Å²) >= 11 is 0. The predicted octanol–water partition coefficient (Wildman–Crippen LogP) is 3.32. The number of phenols is 1. The second-order valence-electron chi connectivity index (χ2n) is 4.99. The van der Waals surface area contributed by atoms with Gasteiger partial charge in [-0.05, 0) is 35.7 Å². The number of guanidine groups is 1. The third-order valence-corrected chi connectivity index (χ3v) is 3.40. The zero-order chi connectivity index (χ0) is 15.9. The highest BCUT2D eigenvalue weighted by Gasteiger charge is 2.04. The van der Waals surface area contributed by atoms with Crippen LogP contribution >= 0.6 is 24.0 Å². The average molecular weight is 429 g/mol. The maximum atomic E-state index is 13.3. The van der Waals surface area contributed by atoms with Crippen LogP contribution in [0.25, 0.3) is 0 Å². The van der Waals surface area contributed by atoms with E-state index in [4.69, 9.17) is 0 Å². The lowest BCUT2D eigenvalue weighted by Crippen LogP contribution is -2.36. The van der Waals surface area contributed by atoms with E-state index in [-0.39, 0.29) is 29.7 Å². The number of aromatic hydroxyl groups is 1. The molecule has 0 atom stereocenters. The fourth-order valence-electron chi connectivity index (χ4n) is 2.05. The minimum Gasteiger partial charge on any atom is -0.505 e. The molecule has 0 unspecified atom stereocenters. The van der Waals surface area contributed by atoms with E-state index in [1.807, 2.05) is 12.1 Å². The number of rotatable bonds is 4. The zero-order valence-electron chi connectivity index (χ0n) is 13.1. The molecule has 6 heteroatoms. The molecule has 0 radical (unpaired) electrons. The van der Waals surface area contributed by atoms with E-state index in [1.165, 1.54) is 23.3 Å². The van der Waals surface area contributed by atoms with E-state index in [2.05, 4.69) is 34.7 Å². The smallest absolute Gasteiger partial charge is 0.191 e. The Kier molecular flexibility index (Phi) is 7.80. The van der Waals surface area contributed by atoms with Crippen molar-refractivity contribution >= 4 is 29.9 Å². The summed E-state index contributed by atoms with van der Waals surface area (Å²) in [5.74, 6) is -0.329. The van der Waals surface area contributed by atoms with E-state index in [1.54, 1.807) is 13.1 Å². The zero-order valence-corrected chi connectivity index (χ0v) is 15.5. The molecular weight excluding hydrogens is 408 g/mol. The maximum absolute atomic E-state index is 13.3. The first-order valence-electron chi connectivity index (χ1n) is 7.06. The van der Waals surface area contributed by atoms with Crippen LogP contribution < -0.4 is 10.6 Å². The number of aliphatic imine (C=N–C) groups is 1. The largest absolute Gasteiger partial charge is 0.505 e. The van der Waals surface area contributed by atoms with Gasteiger partial charge in [-0.1, -0.05) is 30.3 Å². The molecule has 2 rings (SSSR count). The first-order valence-corrected chi connectivity index (χ1v) is 7.06. The van der Waals surface area contributed by atoms with Gasteiger partial charge in [0.25, 0.3) is 0 Å². The highest BCUT2D eigenvalue weighted by Crippen LogP contribution is 2.15. The van der Waals surface area contributed by atoms with Gasteiger partial charge in [-0.3, -0.25) is 4.99 Å². The van der Waals surface area contributed by atoms with Gasteiger partial charge in [0, 0.05) is 20.1 Å². The van der Waals surface area contributed by atoms with Crippen LogP contribution in [0.3, 0.4) is 0 Å². The number of halogens is 2. The predicted molar refractivity (Wildman–Crippen MR) is 102 cm³/mol. The molecule has 0 aliphatic rings. The Morgan fingerprint density at radius 1 is 1.13 bits per heavy atom. The average Bonchev–Trinajstić information content (AvgIpc) is 2.52. The van der Waals surface area contributed by atoms with Gasteiger partial charge in [0.05, 0.1) is 0 Å². The van der Waals surface area contributed by atoms with Crippen LogP contribution in [-0.2, 0) is 13.1 Å². The van der Waals surface area contributed by atoms with E-state index >= 15 is 0 Å². The van der Waals surface area contributed by atoms with Gasteiger partial charge in [0.15, 0.2) is 17.5 Å². The topological polar surface area (TPSA) is 56.7 Å². The molecule has 2 aromatic rings. The van der Waals surface area contributed by atoms with Crippen LogP contribution in [0.4, 0.5) is 4.39 Å². The Balaban J connectivity index is 0.00000264. The van der Waals surface area contributed by atoms with Crippen molar-refractivity contribution in [3.05, 3.63) is 65.0 Å². The summed E-state index contributed by atoms with van der Waals surface area (Å²) in [6, 6.07) is 12.4. The Labute approximate surface area is 152 Å². The van der Waals surface area contributed by atoms with Crippen LogP contribution in [0.5, 0.6) is 5.75 Å². The molecule has 0 heterocycles. The SMILES string of the molecule is CN=C(NCc1ccc(O)c(F)c1)NCc1ccccc1C.I. The number of phenolic OH excluding ortho intramolecular Hbond substituents is 1. The van der Waals surface area contributed by atoms with Gasteiger partial charge >= 0.3 is 0 Å². The third kappa shape index (κ3) is 5.70. The molecule has 0 saturated carbocycles. The van der Waals surface area contributed by atoms with Crippen molar-refractivity contribution in [2.75, 3.05) is 7.05 Å². The monoisotopic (exact) mass is 429 g/mol. The lowest BCUT2D eigenvalue weighted by molar-refractivity contribution is 0.431. The Morgan fingerprint density at radius 3 is 2.48 bits per heavy atom. The number of hydrogen-bond acceptors (Lipinski definition) is 2. The van der Waals surface area contributed by atoms with Crippen LogP contribution in [0, 0.1) is 12.7 Å². The molecule has 2 aromatic carbocycles. The highest BCUT2D eigenvalue weighted by molar-refractivity contribution is 14.0. The summed E-state index contributed by atoms with van der Waals surface area (Å²) in [7, 11) is 1.69. The minimum absolute atomic E-state index is 0. The molecule has 0 fully saturated rings. The molecule has 0 aliphatic carbocycles. The second kappa shape index (κ2) is 9.34. The summed E-state index contributed by atoms with van der Waals surface area (Å²) in [5.41, 5.74) is 3.14. The van der Waals surface area contributed by atoms with E-state index < -0.39 is 5.82 Å². The Hall–Kier alpha value is -1.83. The van der Waals surface area contributed by atoms with Crippen molar-refractivity contribution < 1.29 is 9.50 Å². The Morgan fingerprint density at radius 2 is 1.83 bits per heavy atom.